The van der Waals surface area contributed by atoms with Crippen molar-refractivity contribution in [3.8, 4) is 0 Å². The molecule has 0 amide bonds. The van der Waals surface area contributed by atoms with E-state index in [0.717, 1.165) is 38.6 Å². The lowest BCUT2D eigenvalue weighted by Gasteiger charge is -2.30. The molecule has 0 aliphatic carbocycles. The number of rotatable bonds is 9. The number of guanidine groups is 1. The van der Waals surface area contributed by atoms with E-state index >= 15 is 0 Å². The van der Waals surface area contributed by atoms with Gasteiger partial charge in [0.15, 0.2) is 5.96 Å². The molecule has 0 aromatic carbocycles. The van der Waals surface area contributed by atoms with Crippen molar-refractivity contribution in [1.29, 1.82) is 0 Å². The van der Waals surface area contributed by atoms with Crippen molar-refractivity contribution < 1.29 is 0 Å². The summed E-state index contributed by atoms with van der Waals surface area (Å²) in [7, 11) is 2.22. The summed E-state index contributed by atoms with van der Waals surface area (Å²) >= 11 is 0. The second-order valence-corrected chi connectivity index (χ2v) is 7.70. The number of halogens is 1. The average Bonchev–Trinajstić information content (AvgIpc) is 2.51. The molecule has 0 aromatic rings. The minimum absolute atomic E-state index is 0. The van der Waals surface area contributed by atoms with Crippen LogP contribution in [0.25, 0.3) is 0 Å². The number of hydrogen-bond donors (Lipinski definition) is 2. The largest absolute Gasteiger partial charge is 0.357 e. The molecule has 1 heterocycles. The minimum atomic E-state index is 0. The number of piperidine rings is 1. The van der Waals surface area contributed by atoms with Crippen LogP contribution in [-0.4, -0.2) is 74.2 Å². The maximum atomic E-state index is 4.81. The summed E-state index contributed by atoms with van der Waals surface area (Å²) in [5.74, 6) is 1.68. The van der Waals surface area contributed by atoms with Gasteiger partial charge >= 0.3 is 0 Å². The molecule has 0 saturated carbocycles. The lowest BCUT2D eigenvalue weighted by Crippen LogP contribution is -2.42. The highest BCUT2D eigenvalue weighted by Gasteiger charge is 2.17. The highest BCUT2D eigenvalue weighted by molar-refractivity contribution is 14.0. The number of aliphatic imine (C=N–C) groups is 1. The molecular weight excluding hydrogens is 425 g/mol. The second-order valence-electron chi connectivity index (χ2n) is 7.70. The van der Waals surface area contributed by atoms with Crippen molar-refractivity contribution in [2.45, 2.75) is 66.0 Å². The maximum Gasteiger partial charge on any atom is 0.191 e. The Morgan fingerprint density at radius 1 is 1.20 bits per heavy atom. The lowest BCUT2D eigenvalue weighted by molar-refractivity contribution is 0.173. The molecule has 2 N–H and O–H groups in total. The third-order valence-corrected chi connectivity index (χ3v) is 4.79. The van der Waals surface area contributed by atoms with Gasteiger partial charge in [-0.05, 0) is 73.4 Å². The first-order valence-corrected chi connectivity index (χ1v) is 9.90. The van der Waals surface area contributed by atoms with Crippen LogP contribution in [0.2, 0.25) is 0 Å². The van der Waals surface area contributed by atoms with E-state index in [-0.39, 0.29) is 24.0 Å². The molecule has 1 fully saturated rings. The van der Waals surface area contributed by atoms with Crippen LogP contribution in [0.1, 0.15) is 53.9 Å². The Morgan fingerprint density at radius 2 is 1.88 bits per heavy atom. The van der Waals surface area contributed by atoms with Gasteiger partial charge < -0.3 is 15.5 Å². The molecule has 0 spiro atoms. The maximum absolute atomic E-state index is 4.81. The molecule has 0 aromatic heterocycles. The summed E-state index contributed by atoms with van der Waals surface area (Å²) in [4.78, 5) is 9.78. The van der Waals surface area contributed by atoms with Crippen LogP contribution in [0.15, 0.2) is 4.99 Å². The zero-order chi connectivity index (χ0) is 17.9. The van der Waals surface area contributed by atoms with Gasteiger partial charge in [-0.25, -0.2) is 0 Å². The first kappa shape index (κ1) is 24.9. The fraction of sp³-hybridized carbons (Fsp3) is 0.947. The molecule has 1 aliphatic rings. The number of nitrogens with one attached hydrogen (secondary N) is 2. The molecular formula is C19H42IN5. The molecule has 0 bridgehead atoms. The summed E-state index contributed by atoms with van der Waals surface area (Å²) in [6.45, 7) is 17.6. The van der Waals surface area contributed by atoms with E-state index in [9.17, 15) is 0 Å². The van der Waals surface area contributed by atoms with E-state index in [1.165, 1.54) is 25.9 Å². The summed E-state index contributed by atoms with van der Waals surface area (Å²) in [6.07, 6.45) is 3.76. The summed E-state index contributed by atoms with van der Waals surface area (Å²) in [5.41, 5.74) is 0. The third kappa shape index (κ3) is 10.6. The molecule has 0 radical (unpaired) electrons. The molecule has 150 valence electrons. The topological polar surface area (TPSA) is 42.9 Å². The normalized spacial score (nSPS) is 19.4. The highest BCUT2D eigenvalue weighted by Crippen LogP contribution is 2.15. The molecule has 1 aliphatic heterocycles. The molecule has 6 heteroatoms. The summed E-state index contributed by atoms with van der Waals surface area (Å²) < 4.78 is 0. The van der Waals surface area contributed by atoms with E-state index < -0.39 is 0 Å². The van der Waals surface area contributed by atoms with Crippen molar-refractivity contribution in [2.24, 2.45) is 10.9 Å². The van der Waals surface area contributed by atoms with Gasteiger partial charge in [0, 0.05) is 44.8 Å². The lowest BCUT2D eigenvalue weighted by atomic mass is 9.99. The SMILES string of the molecule is CCNC(=NCC1CCCN(C)C1)NCCCN(C(C)C)C(C)C.I. The monoisotopic (exact) mass is 467 g/mol. The van der Waals surface area contributed by atoms with Crippen LogP contribution >= 0.6 is 24.0 Å². The van der Waals surface area contributed by atoms with Crippen molar-refractivity contribution in [3.05, 3.63) is 0 Å². The minimum Gasteiger partial charge on any atom is -0.357 e. The van der Waals surface area contributed by atoms with Crippen molar-refractivity contribution in [1.82, 2.24) is 20.4 Å². The van der Waals surface area contributed by atoms with Gasteiger partial charge in [-0.2, -0.15) is 0 Å². The number of likely N-dealkylation sites (tertiary alicyclic amines) is 1. The fourth-order valence-electron chi connectivity index (χ4n) is 3.57. The molecule has 1 saturated heterocycles. The first-order chi connectivity index (χ1) is 11.4. The van der Waals surface area contributed by atoms with E-state index in [0.29, 0.717) is 18.0 Å². The van der Waals surface area contributed by atoms with Crippen molar-refractivity contribution >= 4 is 29.9 Å². The smallest absolute Gasteiger partial charge is 0.191 e. The Bertz CT molecular complexity index is 352. The molecule has 1 atom stereocenters. The van der Waals surface area contributed by atoms with E-state index in [4.69, 9.17) is 4.99 Å². The quantitative estimate of drug-likeness (QED) is 0.237. The fourth-order valence-corrected chi connectivity index (χ4v) is 3.57. The van der Waals surface area contributed by atoms with E-state index in [2.05, 4.69) is 62.1 Å². The third-order valence-electron chi connectivity index (χ3n) is 4.79. The van der Waals surface area contributed by atoms with Gasteiger partial charge in [0.1, 0.15) is 0 Å². The van der Waals surface area contributed by atoms with Crippen LogP contribution in [0.4, 0.5) is 0 Å². The van der Waals surface area contributed by atoms with Gasteiger partial charge in [0.25, 0.3) is 0 Å². The highest BCUT2D eigenvalue weighted by atomic mass is 127. The second kappa shape index (κ2) is 14.0. The standard InChI is InChI=1S/C19H41N5.HI/c1-7-20-19(22-14-18-10-8-12-23(6)15-18)21-11-9-13-24(16(2)3)17(4)5;/h16-18H,7-15H2,1-6H3,(H2,20,21,22);1H. The van der Waals surface area contributed by atoms with Crippen LogP contribution in [0.5, 0.6) is 0 Å². The predicted molar refractivity (Wildman–Crippen MR) is 121 cm³/mol. The average molecular weight is 467 g/mol. The molecule has 5 nitrogen and oxygen atoms in total. The number of nitrogens with zero attached hydrogens (tertiary/aromatic N) is 3. The van der Waals surface area contributed by atoms with Crippen molar-refractivity contribution in [3.63, 3.8) is 0 Å². The van der Waals surface area contributed by atoms with E-state index in [1.807, 2.05) is 0 Å². The van der Waals surface area contributed by atoms with Crippen LogP contribution < -0.4 is 10.6 Å². The van der Waals surface area contributed by atoms with Gasteiger partial charge in [-0.1, -0.05) is 0 Å². The van der Waals surface area contributed by atoms with Crippen LogP contribution in [0, 0.1) is 5.92 Å². The van der Waals surface area contributed by atoms with Crippen LogP contribution in [0.3, 0.4) is 0 Å². The Morgan fingerprint density at radius 3 is 2.44 bits per heavy atom. The molecule has 1 rings (SSSR count). The predicted octanol–water partition coefficient (Wildman–Crippen LogP) is 3.01. The summed E-state index contributed by atoms with van der Waals surface area (Å²) in [6, 6.07) is 1.21. The zero-order valence-electron chi connectivity index (χ0n) is 17.3. The Balaban J connectivity index is 0.00000576. The van der Waals surface area contributed by atoms with Gasteiger partial charge in [0.2, 0.25) is 0 Å². The number of hydrogen-bond acceptors (Lipinski definition) is 3. The first-order valence-electron chi connectivity index (χ1n) is 9.90. The van der Waals surface area contributed by atoms with Gasteiger partial charge in [-0.3, -0.25) is 9.89 Å². The van der Waals surface area contributed by atoms with Gasteiger partial charge in [-0.15, -0.1) is 24.0 Å². The van der Waals surface area contributed by atoms with Gasteiger partial charge in [0.05, 0.1) is 0 Å². The Labute approximate surface area is 173 Å². The van der Waals surface area contributed by atoms with Crippen LogP contribution in [-0.2, 0) is 0 Å². The Hall–Kier alpha value is -0.0800. The van der Waals surface area contributed by atoms with E-state index in [1.54, 1.807) is 0 Å². The van der Waals surface area contributed by atoms with Crippen molar-refractivity contribution in [2.75, 3.05) is 46.3 Å². The summed E-state index contributed by atoms with van der Waals surface area (Å²) in [5, 5.41) is 6.88. The Kier molecular flexibility index (Phi) is 14.0. The molecule has 25 heavy (non-hydrogen) atoms. The molecule has 1 unspecified atom stereocenters. The zero-order valence-corrected chi connectivity index (χ0v) is 19.7.